The van der Waals surface area contributed by atoms with Crippen LogP contribution in [0, 0.1) is 12.7 Å². The Bertz CT molecular complexity index is 568. The maximum atomic E-state index is 13.7. The molecule has 1 heterocycles. The molecule has 1 N–H and O–H groups in total. The molecule has 0 saturated heterocycles. The Balaban J connectivity index is 2.24. The molecule has 0 fully saturated rings. The number of nitrogens with zero attached hydrogens (tertiary/aromatic N) is 2. The number of halogens is 2. The second-order valence-corrected chi connectivity index (χ2v) is 4.68. The van der Waals surface area contributed by atoms with Crippen molar-refractivity contribution in [1.29, 1.82) is 0 Å². The summed E-state index contributed by atoms with van der Waals surface area (Å²) in [5, 5.41) is 14.3. The largest absolute Gasteiger partial charge is 0.388 e. The molecular weight excluding hydrogens is 255 g/mol. The van der Waals surface area contributed by atoms with Crippen molar-refractivity contribution < 1.29 is 9.50 Å². The number of aliphatic hydroxyl groups is 1. The summed E-state index contributed by atoms with van der Waals surface area (Å²) in [5.74, 6) is -0.472. The van der Waals surface area contributed by atoms with Crippen LogP contribution in [0.5, 0.6) is 0 Å². The van der Waals surface area contributed by atoms with Gasteiger partial charge in [-0.1, -0.05) is 23.7 Å². The highest BCUT2D eigenvalue weighted by molar-refractivity contribution is 6.30. The summed E-state index contributed by atoms with van der Waals surface area (Å²) < 4.78 is 15.3. The van der Waals surface area contributed by atoms with Crippen LogP contribution in [0.2, 0.25) is 5.02 Å². The van der Waals surface area contributed by atoms with Crippen LogP contribution in [0.4, 0.5) is 4.39 Å². The Labute approximate surface area is 110 Å². The summed E-state index contributed by atoms with van der Waals surface area (Å²) >= 11 is 5.71. The van der Waals surface area contributed by atoms with Crippen molar-refractivity contribution in [3.8, 4) is 0 Å². The smallest absolute Gasteiger partial charge is 0.145 e. The number of hydrogen-bond acceptors (Lipinski definition) is 2. The lowest BCUT2D eigenvalue weighted by Crippen LogP contribution is -2.04. The maximum Gasteiger partial charge on any atom is 0.145 e. The molecule has 1 aromatic heterocycles. The number of aromatic nitrogens is 2. The summed E-state index contributed by atoms with van der Waals surface area (Å²) in [5.41, 5.74) is 1.85. The highest BCUT2D eigenvalue weighted by Crippen LogP contribution is 2.25. The third-order valence-electron chi connectivity index (χ3n) is 2.86. The number of rotatable bonds is 3. The molecule has 0 aliphatic rings. The zero-order chi connectivity index (χ0) is 13.3. The van der Waals surface area contributed by atoms with Gasteiger partial charge < -0.3 is 5.11 Å². The fraction of sp³-hybridized carbons (Fsp3) is 0.308. The number of aryl methyl sites for hydroxylation is 2. The minimum atomic E-state index is -0.785. The van der Waals surface area contributed by atoms with Gasteiger partial charge in [-0.25, -0.2) is 4.39 Å². The molecule has 0 bridgehead atoms. The van der Waals surface area contributed by atoms with Crippen LogP contribution in [0.15, 0.2) is 24.4 Å². The van der Waals surface area contributed by atoms with Gasteiger partial charge in [-0.3, -0.25) is 4.68 Å². The van der Waals surface area contributed by atoms with Crippen LogP contribution in [0.3, 0.4) is 0 Å². The first kappa shape index (κ1) is 13.1. The normalized spacial score (nSPS) is 12.7. The van der Waals surface area contributed by atoms with Crippen molar-refractivity contribution >= 4 is 11.6 Å². The second kappa shape index (κ2) is 5.08. The van der Waals surface area contributed by atoms with Crippen LogP contribution < -0.4 is 0 Å². The van der Waals surface area contributed by atoms with Crippen molar-refractivity contribution in [3.05, 3.63) is 52.1 Å². The van der Waals surface area contributed by atoms with Gasteiger partial charge in [-0.05, 0) is 18.6 Å². The summed E-state index contributed by atoms with van der Waals surface area (Å²) in [4.78, 5) is 0. The van der Waals surface area contributed by atoms with Gasteiger partial charge in [0.2, 0.25) is 0 Å². The van der Waals surface area contributed by atoms with E-state index < -0.39 is 11.9 Å². The average Bonchev–Trinajstić information content (AvgIpc) is 2.64. The molecule has 1 unspecified atom stereocenters. The molecule has 2 rings (SSSR count). The first-order chi connectivity index (χ1) is 8.49. The summed E-state index contributed by atoms with van der Waals surface area (Å²) in [7, 11) is 1.78. The quantitative estimate of drug-likeness (QED) is 0.930. The number of benzene rings is 1. The third-order valence-corrected chi connectivity index (χ3v) is 3.15. The number of aliphatic hydroxyl groups excluding tert-OH is 1. The van der Waals surface area contributed by atoms with Crippen LogP contribution in [0.1, 0.15) is 22.9 Å². The van der Waals surface area contributed by atoms with E-state index in [-0.39, 0.29) is 11.4 Å². The van der Waals surface area contributed by atoms with Gasteiger partial charge in [0.15, 0.2) is 0 Å². The molecule has 5 heteroatoms. The van der Waals surface area contributed by atoms with E-state index in [1.165, 1.54) is 6.07 Å². The van der Waals surface area contributed by atoms with E-state index >= 15 is 0 Å². The van der Waals surface area contributed by atoms with Crippen molar-refractivity contribution in [2.75, 3.05) is 0 Å². The summed E-state index contributed by atoms with van der Waals surface area (Å²) in [6.07, 6.45) is 1.13. The second-order valence-electron chi connectivity index (χ2n) is 4.28. The topological polar surface area (TPSA) is 38.0 Å². The number of hydrogen-bond donors (Lipinski definition) is 1. The molecule has 1 atom stereocenters. The minimum Gasteiger partial charge on any atom is -0.388 e. The molecule has 2 aromatic rings. The predicted octanol–water partition coefficient (Wildman–Crippen LogP) is 2.80. The average molecular weight is 269 g/mol. The lowest BCUT2D eigenvalue weighted by atomic mass is 10.0. The van der Waals surface area contributed by atoms with Crippen LogP contribution >= 0.6 is 11.6 Å². The maximum absolute atomic E-state index is 13.7. The van der Waals surface area contributed by atoms with Gasteiger partial charge in [0.1, 0.15) is 5.82 Å². The molecule has 3 nitrogen and oxygen atoms in total. The van der Waals surface area contributed by atoms with E-state index in [9.17, 15) is 9.50 Å². The predicted molar refractivity (Wildman–Crippen MR) is 68.0 cm³/mol. The van der Waals surface area contributed by atoms with Crippen LogP contribution in [-0.4, -0.2) is 14.9 Å². The molecule has 0 aliphatic heterocycles. The van der Waals surface area contributed by atoms with Crippen LogP contribution in [-0.2, 0) is 13.5 Å². The Hall–Kier alpha value is -1.39. The molecular formula is C13H14ClFN2O. The SMILES string of the molecule is Cc1nn(C)cc1C(O)Cc1cccc(Cl)c1F. The van der Waals surface area contributed by atoms with Gasteiger partial charge in [-0.2, -0.15) is 5.10 Å². The Morgan fingerprint density at radius 3 is 2.83 bits per heavy atom. The van der Waals surface area contributed by atoms with Crippen molar-refractivity contribution in [1.82, 2.24) is 9.78 Å². The van der Waals surface area contributed by atoms with Gasteiger partial charge in [0, 0.05) is 25.2 Å². The molecule has 18 heavy (non-hydrogen) atoms. The fourth-order valence-corrected chi connectivity index (χ4v) is 2.16. The lowest BCUT2D eigenvalue weighted by molar-refractivity contribution is 0.176. The van der Waals surface area contributed by atoms with E-state index in [0.717, 1.165) is 5.69 Å². The van der Waals surface area contributed by atoms with E-state index in [0.29, 0.717) is 11.1 Å². The third kappa shape index (κ3) is 2.54. The minimum absolute atomic E-state index is 0.0719. The van der Waals surface area contributed by atoms with Gasteiger partial charge in [-0.15, -0.1) is 0 Å². The monoisotopic (exact) mass is 268 g/mol. The zero-order valence-corrected chi connectivity index (χ0v) is 10.9. The zero-order valence-electron chi connectivity index (χ0n) is 10.2. The van der Waals surface area contributed by atoms with Crippen molar-refractivity contribution in [2.24, 2.45) is 7.05 Å². The lowest BCUT2D eigenvalue weighted by Gasteiger charge is -2.11. The Morgan fingerprint density at radius 1 is 1.50 bits per heavy atom. The highest BCUT2D eigenvalue weighted by Gasteiger charge is 2.17. The molecule has 0 saturated carbocycles. The Kier molecular flexibility index (Phi) is 3.68. The summed E-state index contributed by atoms with van der Waals surface area (Å²) in [6, 6.07) is 4.78. The van der Waals surface area contributed by atoms with Gasteiger partial charge >= 0.3 is 0 Å². The fourth-order valence-electron chi connectivity index (χ4n) is 1.97. The standard InChI is InChI=1S/C13H14ClFN2O/c1-8-10(7-17(2)16-8)12(18)6-9-4-3-5-11(14)13(9)15/h3-5,7,12,18H,6H2,1-2H3. The molecule has 0 radical (unpaired) electrons. The molecule has 0 amide bonds. The first-order valence-electron chi connectivity index (χ1n) is 5.60. The van der Waals surface area contributed by atoms with E-state index in [1.54, 1.807) is 30.1 Å². The van der Waals surface area contributed by atoms with E-state index in [4.69, 9.17) is 11.6 Å². The van der Waals surface area contributed by atoms with Crippen molar-refractivity contribution in [3.63, 3.8) is 0 Å². The van der Waals surface area contributed by atoms with Crippen LogP contribution in [0.25, 0.3) is 0 Å². The molecule has 1 aromatic carbocycles. The van der Waals surface area contributed by atoms with E-state index in [2.05, 4.69) is 5.10 Å². The highest BCUT2D eigenvalue weighted by atomic mass is 35.5. The first-order valence-corrected chi connectivity index (χ1v) is 5.98. The molecule has 96 valence electrons. The van der Waals surface area contributed by atoms with Gasteiger partial charge in [0.05, 0.1) is 16.8 Å². The van der Waals surface area contributed by atoms with E-state index in [1.807, 2.05) is 6.92 Å². The van der Waals surface area contributed by atoms with Gasteiger partial charge in [0.25, 0.3) is 0 Å². The molecule has 0 aliphatic carbocycles. The Morgan fingerprint density at radius 2 is 2.22 bits per heavy atom. The molecule has 0 spiro atoms. The van der Waals surface area contributed by atoms with Crippen molar-refractivity contribution in [2.45, 2.75) is 19.4 Å². The summed E-state index contributed by atoms with van der Waals surface area (Å²) in [6.45, 7) is 1.81.